The number of benzene rings is 3. The Balaban J connectivity index is 1.51. The van der Waals surface area contributed by atoms with E-state index < -0.39 is 0 Å². The molecule has 2 N–H and O–H groups in total. The Morgan fingerprint density at radius 2 is 0.783 bits per heavy atom. The molecular formula is C56H54N4. The summed E-state index contributed by atoms with van der Waals surface area (Å²) in [6.07, 6.45) is 13.2. The van der Waals surface area contributed by atoms with Crippen LogP contribution in [0.4, 0.5) is 0 Å². The van der Waals surface area contributed by atoms with Crippen molar-refractivity contribution in [3.8, 4) is 36.0 Å². The van der Waals surface area contributed by atoms with Gasteiger partial charge in [0.2, 0.25) is 0 Å². The molecule has 4 nitrogen and oxygen atoms in total. The topological polar surface area (TPSA) is 57.4 Å². The Labute approximate surface area is 355 Å². The summed E-state index contributed by atoms with van der Waals surface area (Å²) in [6, 6.07) is 23.5. The lowest BCUT2D eigenvalue weighted by atomic mass is 9.92. The first-order chi connectivity index (χ1) is 29.4. The Hall–Kier alpha value is -6.54. The molecule has 3 aromatic heterocycles. The third kappa shape index (κ3) is 6.64. The van der Waals surface area contributed by atoms with Crippen LogP contribution in [-0.2, 0) is 25.7 Å². The molecular weight excluding hydrogens is 729 g/mol. The molecule has 2 aliphatic rings. The number of aromatic nitrogens is 4. The summed E-state index contributed by atoms with van der Waals surface area (Å²) in [5.41, 5.74) is 21.5. The van der Waals surface area contributed by atoms with Crippen molar-refractivity contribution in [3.05, 3.63) is 128 Å². The van der Waals surface area contributed by atoms with Gasteiger partial charge >= 0.3 is 0 Å². The van der Waals surface area contributed by atoms with Crippen LogP contribution in [0.2, 0.25) is 0 Å². The van der Waals surface area contributed by atoms with Crippen molar-refractivity contribution < 1.29 is 0 Å². The fraction of sp³-hybridized carbons (Fsp3) is 0.286. The second kappa shape index (κ2) is 17.0. The number of terminal acetylenes is 1. The Bertz CT molecular complexity index is 2960. The summed E-state index contributed by atoms with van der Waals surface area (Å²) >= 11 is 0. The second-order valence-corrected chi connectivity index (χ2v) is 15.5. The average Bonchev–Trinajstić information content (AvgIpc) is 4.01. The maximum atomic E-state index is 6.10. The van der Waals surface area contributed by atoms with Crippen LogP contribution in [0.1, 0.15) is 143 Å². The van der Waals surface area contributed by atoms with Crippen molar-refractivity contribution >= 4 is 65.9 Å². The predicted octanol–water partition coefficient (Wildman–Crippen LogP) is 13.7. The van der Waals surface area contributed by atoms with Crippen molar-refractivity contribution in [3.63, 3.8) is 0 Å². The number of H-pyrrole nitrogens is 2. The molecule has 0 saturated carbocycles. The van der Waals surface area contributed by atoms with E-state index >= 15 is 0 Å². The Morgan fingerprint density at radius 1 is 0.433 bits per heavy atom. The van der Waals surface area contributed by atoms with Gasteiger partial charge < -0.3 is 9.97 Å². The number of fused-ring (bicyclic) bond motifs is 10. The lowest BCUT2D eigenvalue weighted by Gasteiger charge is -2.10. The minimum Gasteiger partial charge on any atom is -0.355 e. The van der Waals surface area contributed by atoms with Gasteiger partial charge in [0.15, 0.2) is 0 Å². The molecule has 0 radical (unpaired) electrons. The highest BCUT2D eigenvalue weighted by Crippen LogP contribution is 2.42. The van der Waals surface area contributed by atoms with Crippen LogP contribution in [0, 0.1) is 36.0 Å². The van der Waals surface area contributed by atoms with E-state index in [-0.39, 0.29) is 0 Å². The van der Waals surface area contributed by atoms with E-state index in [1.807, 2.05) is 24.3 Å². The summed E-state index contributed by atoms with van der Waals surface area (Å²) < 4.78 is 0. The molecule has 0 amide bonds. The van der Waals surface area contributed by atoms with Gasteiger partial charge in [-0.3, -0.25) is 0 Å². The SMILES string of the molecule is C#Cc1c2ccccc2c(C#CC#Cc2c3nc(cc4[nH]c(cc5[nH]c(cc6nc2C(CC)=C6CC)c(CC)c5CC)c(CC)c4CC)C(CC)=C3CC)c2ccccc12. The number of nitrogens with one attached hydrogen (secondary N) is 2. The first kappa shape index (κ1) is 40.2. The van der Waals surface area contributed by atoms with Crippen molar-refractivity contribution in [1.29, 1.82) is 0 Å². The van der Waals surface area contributed by atoms with Gasteiger partial charge in [-0.25, -0.2) is 9.97 Å². The summed E-state index contributed by atoms with van der Waals surface area (Å²) in [5.74, 6) is 16.7. The Morgan fingerprint density at radius 3 is 1.13 bits per heavy atom. The number of aromatic amines is 2. The van der Waals surface area contributed by atoms with Crippen LogP contribution < -0.4 is 0 Å². The molecule has 3 aromatic carbocycles. The molecule has 0 spiro atoms. The molecule has 0 fully saturated rings. The average molecular weight is 783 g/mol. The third-order valence-corrected chi connectivity index (χ3v) is 12.6. The van der Waals surface area contributed by atoms with Gasteiger partial charge in [-0.1, -0.05) is 116 Å². The minimum absolute atomic E-state index is 0.826. The second-order valence-electron chi connectivity index (χ2n) is 15.5. The highest BCUT2D eigenvalue weighted by atomic mass is 14.8. The monoisotopic (exact) mass is 782 g/mol. The fourth-order valence-corrected chi connectivity index (χ4v) is 9.91. The minimum atomic E-state index is 0.826. The van der Waals surface area contributed by atoms with E-state index in [1.165, 1.54) is 55.6 Å². The van der Waals surface area contributed by atoms with E-state index in [1.54, 1.807) is 0 Å². The molecule has 298 valence electrons. The van der Waals surface area contributed by atoms with Gasteiger partial charge in [0, 0.05) is 33.2 Å². The molecule has 0 unspecified atom stereocenters. The van der Waals surface area contributed by atoms with E-state index in [9.17, 15) is 0 Å². The molecule has 6 aromatic rings. The van der Waals surface area contributed by atoms with E-state index in [2.05, 4.69) is 137 Å². The third-order valence-electron chi connectivity index (χ3n) is 12.6. The van der Waals surface area contributed by atoms with Crippen LogP contribution in [0.5, 0.6) is 0 Å². The van der Waals surface area contributed by atoms with E-state index in [0.717, 1.165) is 123 Å². The highest BCUT2D eigenvalue weighted by molar-refractivity contribution is 6.10. The molecule has 5 heterocycles. The lowest BCUT2D eigenvalue weighted by molar-refractivity contribution is 1.07. The number of rotatable bonds is 8. The largest absolute Gasteiger partial charge is 0.355 e. The first-order valence-electron chi connectivity index (χ1n) is 22.1. The van der Waals surface area contributed by atoms with Crippen LogP contribution in [-0.4, -0.2) is 19.9 Å². The highest BCUT2D eigenvalue weighted by Gasteiger charge is 2.27. The van der Waals surface area contributed by atoms with Gasteiger partial charge in [-0.15, -0.1) is 6.42 Å². The Kier molecular flexibility index (Phi) is 11.4. The zero-order valence-corrected chi connectivity index (χ0v) is 36.5. The van der Waals surface area contributed by atoms with E-state index in [0.29, 0.717) is 0 Å². The smallest absolute Gasteiger partial charge is 0.0851 e. The zero-order chi connectivity index (χ0) is 42.1. The molecule has 60 heavy (non-hydrogen) atoms. The molecule has 0 aliphatic carbocycles. The number of hydrogen-bond donors (Lipinski definition) is 2. The van der Waals surface area contributed by atoms with Crippen molar-refractivity contribution in [1.82, 2.24) is 19.9 Å². The van der Waals surface area contributed by atoms with Gasteiger partial charge in [-0.2, -0.15) is 0 Å². The molecule has 0 saturated heterocycles. The van der Waals surface area contributed by atoms with Gasteiger partial charge in [0.25, 0.3) is 0 Å². The number of allylic oxidation sites excluding steroid dienone is 4. The van der Waals surface area contributed by atoms with Crippen molar-refractivity contribution in [2.45, 2.75) is 107 Å². The first-order valence-corrected chi connectivity index (χ1v) is 22.1. The van der Waals surface area contributed by atoms with Crippen LogP contribution in [0.15, 0.2) is 66.7 Å². The number of nitrogens with zero attached hydrogens (tertiary/aromatic N) is 2. The summed E-state index contributed by atoms with van der Waals surface area (Å²) in [6.45, 7) is 18.0. The lowest BCUT2D eigenvalue weighted by Crippen LogP contribution is -1.95. The maximum absolute atomic E-state index is 6.10. The molecule has 8 rings (SSSR count). The standard InChI is InChI=1S/C56H54N4/c1-10-34-43-25-19-21-27-45(43)47(46-28-22-20-26-44(34)46)29-23-24-30-48-55-41(17-8)39(15-6)53(59-55)32-51-37(13-4)35(11-2)49(57-51)31-50-36(12-3)38(14-5)52(58-50)33-54-40(16-7)42(18-9)56(48)60-54/h1,19-22,25-28,31-33,57-58H,11-18H2,2-9H3. The summed E-state index contributed by atoms with van der Waals surface area (Å²) in [4.78, 5) is 18.9. The molecule has 8 bridgehead atoms. The van der Waals surface area contributed by atoms with Crippen LogP contribution in [0.3, 0.4) is 0 Å². The predicted molar refractivity (Wildman–Crippen MR) is 256 cm³/mol. The fourth-order valence-electron chi connectivity index (χ4n) is 9.91. The number of hydrogen-bond acceptors (Lipinski definition) is 2. The van der Waals surface area contributed by atoms with Gasteiger partial charge in [0.05, 0.1) is 28.3 Å². The van der Waals surface area contributed by atoms with Crippen molar-refractivity contribution in [2.24, 2.45) is 0 Å². The summed E-state index contributed by atoms with van der Waals surface area (Å²) in [5, 5.41) is 4.10. The molecule has 0 atom stereocenters. The normalized spacial score (nSPS) is 12.4. The molecule has 2 aliphatic heterocycles. The maximum Gasteiger partial charge on any atom is 0.0851 e. The quantitative estimate of drug-likeness (QED) is 0.119. The number of aryl methyl sites for hydroxylation is 4. The summed E-state index contributed by atoms with van der Waals surface area (Å²) in [7, 11) is 0. The van der Waals surface area contributed by atoms with Crippen LogP contribution in [0.25, 0.3) is 65.9 Å². The van der Waals surface area contributed by atoms with Gasteiger partial charge in [0.1, 0.15) is 0 Å². The van der Waals surface area contributed by atoms with E-state index in [4.69, 9.17) is 16.4 Å². The van der Waals surface area contributed by atoms with Gasteiger partial charge in [-0.05, 0) is 153 Å². The van der Waals surface area contributed by atoms with Crippen LogP contribution >= 0.6 is 0 Å². The van der Waals surface area contributed by atoms with Crippen molar-refractivity contribution in [2.75, 3.05) is 0 Å². The molecule has 4 heteroatoms. The zero-order valence-electron chi connectivity index (χ0n) is 36.5.